The monoisotopic (exact) mass is 539 g/mol. The lowest BCUT2D eigenvalue weighted by molar-refractivity contribution is 0.590. The number of hydrogen-bond acceptors (Lipinski definition) is 5. The molecule has 0 atom stereocenters. The van der Waals surface area contributed by atoms with Gasteiger partial charge in [0.25, 0.3) is 0 Å². The van der Waals surface area contributed by atoms with Gasteiger partial charge in [0.05, 0.1) is 11.4 Å². The molecule has 2 heterocycles. The fourth-order valence-corrected chi connectivity index (χ4v) is 5.12. The number of para-hydroxylation sites is 2. The standard InChI is InChI=1S/C35H33N5O/c1-4-40(5-2)28-21-16-26(17-22-28)34-33(25-14-19-27(36-3)20-15-25)38-35(39-34)29-11-7-6-10-24(29)18-23-32-37-30-12-8-9-13-31(30)41-32/h6-23,36H,4-5H2,1-3H3,(H,38,39)/b23-18+. The number of nitrogens with zero attached hydrogens (tertiary/aromatic N) is 3. The van der Waals surface area contributed by atoms with Crippen LogP contribution in [-0.2, 0) is 0 Å². The first-order chi connectivity index (χ1) is 20.2. The largest absolute Gasteiger partial charge is 0.437 e. The highest BCUT2D eigenvalue weighted by molar-refractivity contribution is 5.85. The van der Waals surface area contributed by atoms with Gasteiger partial charge >= 0.3 is 0 Å². The maximum Gasteiger partial charge on any atom is 0.220 e. The summed E-state index contributed by atoms with van der Waals surface area (Å²) in [5.74, 6) is 1.37. The van der Waals surface area contributed by atoms with Crippen LogP contribution in [0, 0.1) is 0 Å². The Hall–Kier alpha value is -5.10. The Morgan fingerprint density at radius 3 is 2.22 bits per heavy atom. The average molecular weight is 540 g/mol. The molecule has 0 aliphatic heterocycles. The Balaban J connectivity index is 1.42. The van der Waals surface area contributed by atoms with E-state index >= 15 is 0 Å². The minimum absolute atomic E-state index is 0.569. The van der Waals surface area contributed by atoms with Gasteiger partial charge in [-0.2, -0.15) is 0 Å². The van der Waals surface area contributed by atoms with E-state index in [9.17, 15) is 0 Å². The van der Waals surface area contributed by atoms with Crippen LogP contribution < -0.4 is 10.2 Å². The Bertz CT molecular complexity index is 1760. The summed E-state index contributed by atoms with van der Waals surface area (Å²) in [5, 5.41) is 3.20. The lowest BCUT2D eigenvalue weighted by Gasteiger charge is -2.21. The summed E-state index contributed by atoms with van der Waals surface area (Å²) in [6, 6.07) is 33.1. The van der Waals surface area contributed by atoms with Gasteiger partial charge in [0.15, 0.2) is 5.58 Å². The normalized spacial score (nSPS) is 11.4. The SMILES string of the molecule is CCN(CC)c1ccc(-c2nc(-c3ccccc3/C=C/c3nc4ccccc4o3)[nH]c2-c2ccc(NC)cc2)cc1. The number of anilines is 2. The predicted octanol–water partition coefficient (Wildman–Crippen LogP) is 8.61. The third-order valence-electron chi connectivity index (χ3n) is 7.37. The van der Waals surface area contributed by atoms with Crippen LogP contribution in [0.5, 0.6) is 0 Å². The number of hydrogen-bond donors (Lipinski definition) is 2. The molecular formula is C35H33N5O. The second-order valence-corrected chi connectivity index (χ2v) is 9.80. The molecule has 6 nitrogen and oxygen atoms in total. The van der Waals surface area contributed by atoms with Crippen LogP contribution in [-0.4, -0.2) is 35.1 Å². The number of nitrogens with one attached hydrogen (secondary N) is 2. The summed E-state index contributed by atoms with van der Waals surface area (Å²) in [6.07, 6.45) is 3.94. The van der Waals surface area contributed by atoms with Crippen molar-refractivity contribution in [1.82, 2.24) is 15.0 Å². The van der Waals surface area contributed by atoms with E-state index in [4.69, 9.17) is 9.40 Å². The van der Waals surface area contributed by atoms with Crippen molar-refractivity contribution >= 4 is 34.6 Å². The Morgan fingerprint density at radius 2 is 1.49 bits per heavy atom. The van der Waals surface area contributed by atoms with Crippen LogP contribution in [0.15, 0.2) is 101 Å². The lowest BCUT2D eigenvalue weighted by Crippen LogP contribution is -2.21. The average Bonchev–Trinajstić information content (AvgIpc) is 3.66. The molecule has 6 rings (SSSR count). The van der Waals surface area contributed by atoms with Crippen molar-refractivity contribution in [3.8, 4) is 33.9 Å². The lowest BCUT2D eigenvalue weighted by atomic mass is 10.0. The molecule has 0 fully saturated rings. The van der Waals surface area contributed by atoms with Crippen molar-refractivity contribution in [3.63, 3.8) is 0 Å². The molecule has 0 amide bonds. The van der Waals surface area contributed by atoms with E-state index in [-0.39, 0.29) is 0 Å². The molecule has 0 saturated heterocycles. The molecular weight excluding hydrogens is 506 g/mol. The van der Waals surface area contributed by atoms with Crippen molar-refractivity contribution in [2.24, 2.45) is 0 Å². The molecule has 2 N–H and O–H groups in total. The predicted molar refractivity (Wildman–Crippen MR) is 171 cm³/mol. The van der Waals surface area contributed by atoms with Gasteiger partial charge < -0.3 is 19.6 Å². The summed E-state index contributed by atoms with van der Waals surface area (Å²) >= 11 is 0. The summed E-state index contributed by atoms with van der Waals surface area (Å²) in [6.45, 7) is 6.31. The summed E-state index contributed by atoms with van der Waals surface area (Å²) in [5.41, 5.74) is 9.95. The number of aromatic nitrogens is 3. The molecule has 6 aromatic rings. The highest BCUT2D eigenvalue weighted by Gasteiger charge is 2.17. The van der Waals surface area contributed by atoms with Crippen molar-refractivity contribution in [2.45, 2.75) is 13.8 Å². The third-order valence-corrected chi connectivity index (χ3v) is 7.37. The summed E-state index contributed by atoms with van der Waals surface area (Å²) in [7, 11) is 1.93. The second-order valence-electron chi connectivity index (χ2n) is 9.80. The van der Waals surface area contributed by atoms with Gasteiger partial charge in [0.2, 0.25) is 5.89 Å². The Morgan fingerprint density at radius 1 is 0.780 bits per heavy atom. The van der Waals surface area contributed by atoms with Gasteiger partial charge in [-0.05, 0) is 61.9 Å². The van der Waals surface area contributed by atoms with Gasteiger partial charge in [-0.25, -0.2) is 9.97 Å². The number of fused-ring (bicyclic) bond motifs is 1. The zero-order valence-electron chi connectivity index (χ0n) is 23.6. The molecule has 4 aromatic carbocycles. The first-order valence-corrected chi connectivity index (χ1v) is 14.0. The van der Waals surface area contributed by atoms with Crippen LogP contribution >= 0.6 is 0 Å². The molecule has 0 unspecified atom stereocenters. The van der Waals surface area contributed by atoms with E-state index in [1.807, 2.05) is 55.6 Å². The van der Waals surface area contributed by atoms with E-state index < -0.39 is 0 Å². The molecule has 0 aliphatic carbocycles. The fourth-order valence-electron chi connectivity index (χ4n) is 5.12. The number of aromatic amines is 1. The van der Waals surface area contributed by atoms with E-state index in [1.54, 1.807) is 0 Å². The number of H-pyrrole nitrogens is 1. The van der Waals surface area contributed by atoms with Gasteiger partial charge in [0.1, 0.15) is 11.3 Å². The van der Waals surface area contributed by atoms with E-state index in [0.717, 1.165) is 69.3 Å². The maximum atomic E-state index is 5.91. The van der Waals surface area contributed by atoms with Crippen molar-refractivity contribution in [2.75, 3.05) is 30.4 Å². The molecule has 0 bridgehead atoms. The first kappa shape index (κ1) is 26.1. The third kappa shape index (κ3) is 5.37. The smallest absolute Gasteiger partial charge is 0.220 e. The topological polar surface area (TPSA) is 70.0 Å². The van der Waals surface area contributed by atoms with Crippen LogP contribution in [0.4, 0.5) is 11.4 Å². The van der Waals surface area contributed by atoms with Gasteiger partial charge in [0, 0.05) is 54.3 Å². The molecule has 0 spiro atoms. The molecule has 204 valence electrons. The Labute approximate surface area is 240 Å². The number of rotatable bonds is 9. The molecule has 0 aliphatic rings. The van der Waals surface area contributed by atoms with Crippen molar-refractivity contribution in [3.05, 3.63) is 109 Å². The van der Waals surface area contributed by atoms with Gasteiger partial charge in [-0.1, -0.05) is 60.7 Å². The van der Waals surface area contributed by atoms with E-state index in [2.05, 4.69) is 94.7 Å². The number of imidazole rings is 1. The summed E-state index contributed by atoms with van der Waals surface area (Å²) in [4.78, 5) is 15.8. The van der Waals surface area contributed by atoms with Gasteiger partial charge in [-0.3, -0.25) is 0 Å². The maximum absolute atomic E-state index is 5.91. The molecule has 2 aromatic heterocycles. The van der Waals surface area contributed by atoms with Crippen LogP contribution in [0.2, 0.25) is 0 Å². The zero-order valence-corrected chi connectivity index (χ0v) is 23.6. The first-order valence-electron chi connectivity index (χ1n) is 14.0. The molecule has 0 saturated carbocycles. The van der Waals surface area contributed by atoms with E-state index in [0.29, 0.717) is 5.89 Å². The van der Waals surface area contributed by atoms with Crippen molar-refractivity contribution < 1.29 is 4.42 Å². The second kappa shape index (κ2) is 11.6. The zero-order chi connectivity index (χ0) is 28.2. The molecule has 0 radical (unpaired) electrons. The number of benzene rings is 4. The molecule has 41 heavy (non-hydrogen) atoms. The minimum atomic E-state index is 0.569. The fraction of sp³-hybridized carbons (Fsp3) is 0.143. The van der Waals surface area contributed by atoms with Crippen LogP contribution in [0.1, 0.15) is 25.3 Å². The molecule has 6 heteroatoms. The summed E-state index contributed by atoms with van der Waals surface area (Å²) < 4.78 is 5.91. The number of oxazole rings is 1. The highest BCUT2D eigenvalue weighted by Crippen LogP contribution is 2.35. The van der Waals surface area contributed by atoms with E-state index in [1.165, 1.54) is 5.69 Å². The van der Waals surface area contributed by atoms with Crippen LogP contribution in [0.3, 0.4) is 0 Å². The van der Waals surface area contributed by atoms with Crippen molar-refractivity contribution in [1.29, 1.82) is 0 Å². The quantitative estimate of drug-likeness (QED) is 0.192. The Kier molecular flexibility index (Phi) is 7.37. The highest BCUT2D eigenvalue weighted by atomic mass is 16.3. The van der Waals surface area contributed by atoms with Crippen LogP contribution in [0.25, 0.3) is 57.2 Å². The van der Waals surface area contributed by atoms with Gasteiger partial charge in [-0.15, -0.1) is 0 Å². The minimum Gasteiger partial charge on any atom is -0.437 e.